The number of alkyl halides is 2. The SMILES string of the molecule is CCCCCc1cc(CCN2CCN(c3cccc(C(F)F)c3)CC2)ccc1OC.Cl. The van der Waals surface area contributed by atoms with Crippen LogP contribution in [-0.2, 0) is 12.8 Å². The maximum atomic E-state index is 13.0. The van der Waals surface area contributed by atoms with Crippen LogP contribution in [0.15, 0.2) is 42.5 Å². The first-order valence-electron chi connectivity index (χ1n) is 11.1. The molecule has 1 aliphatic heterocycles. The number of nitrogens with zero attached hydrogens (tertiary/aromatic N) is 2. The first kappa shape index (κ1) is 25.4. The summed E-state index contributed by atoms with van der Waals surface area (Å²) < 4.78 is 31.5. The number of benzene rings is 2. The Hall–Kier alpha value is -1.85. The molecule has 6 heteroatoms. The quantitative estimate of drug-likeness (QED) is 0.402. The summed E-state index contributed by atoms with van der Waals surface area (Å²) in [7, 11) is 1.74. The highest BCUT2D eigenvalue weighted by molar-refractivity contribution is 5.85. The van der Waals surface area contributed by atoms with Gasteiger partial charge in [-0.2, -0.15) is 0 Å². The van der Waals surface area contributed by atoms with Gasteiger partial charge in [-0.3, -0.25) is 4.90 Å². The fraction of sp³-hybridized carbons (Fsp3) is 0.520. The highest BCUT2D eigenvalue weighted by Gasteiger charge is 2.18. The Kier molecular flexibility index (Phi) is 10.6. The third-order valence-electron chi connectivity index (χ3n) is 5.97. The standard InChI is InChI=1S/C25H34F2N2O.ClH/c1-3-4-5-7-21-18-20(10-11-24(21)30-2)12-13-28-14-16-29(17-15-28)23-9-6-8-22(19-23)25(26)27;/h6,8-11,18-19,25H,3-5,7,12-17H2,1-2H3;1H. The zero-order valence-corrected chi connectivity index (χ0v) is 19.5. The molecular formula is C25H35ClF2N2O. The number of unbranched alkanes of at least 4 members (excludes halogenated alkanes) is 2. The van der Waals surface area contributed by atoms with Gasteiger partial charge in [0.05, 0.1) is 7.11 Å². The van der Waals surface area contributed by atoms with Gasteiger partial charge in [0, 0.05) is 44.0 Å². The molecule has 2 aromatic rings. The minimum absolute atomic E-state index is 0. The molecular weight excluding hydrogens is 418 g/mol. The minimum Gasteiger partial charge on any atom is -0.496 e. The maximum absolute atomic E-state index is 13.0. The van der Waals surface area contributed by atoms with Gasteiger partial charge in [0.25, 0.3) is 6.43 Å². The Bertz CT molecular complexity index is 795. The van der Waals surface area contributed by atoms with Crippen molar-refractivity contribution in [2.45, 2.75) is 45.5 Å². The summed E-state index contributed by atoms with van der Waals surface area (Å²) in [6, 6.07) is 13.4. The topological polar surface area (TPSA) is 15.7 Å². The molecule has 0 N–H and O–H groups in total. The monoisotopic (exact) mass is 452 g/mol. The fourth-order valence-electron chi connectivity index (χ4n) is 4.12. The molecule has 1 aliphatic rings. The largest absolute Gasteiger partial charge is 0.496 e. The second-order valence-corrected chi connectivity index (χ2v) is 8.08. The molecule has 0 saturated carbocycles. The van der Waals surface area contributed by atoms with Crippen LogP contribution in [0.5, 0.6) is 5.75 Å². The van der Waals surface area contributed by atoms with Crippen LogP contribution >= 0.6 is 12.4 Å². The second-order valence-electron chi connectivity index (χ2n) is 8.08. The van der Waals surface area contributed by atoms with E-state index in [1.54, 1.807) is 19.2 Å². The zero-order valence-electron chi connectivity index (χ0n) is 18.7. The Morgan fingerprint density at radius 1 is 0.968 bits per heavy atom. The smallest absolute Gasteiger partial charge is 0.263 e. The van der Waals surface area contributed by atoms with Gasteiger partial charge in [-0.25, -0.2) is 8.78 Å². The number of piperazine rings is 1. The third-order valence-corrected chi connectivity index (χ3v) is 5.97. The van der Waals surface area contributed by atoms with Crippen LogP contribution in [0.4, 0.5) is 14.5 Å². The lowest BCUT2D eigenvalue weighted by atomic mass is 10.0. The van der Waals surface area contributed by atoms with Crippen LogP contribution in [0.1, 0.15) is 49.3 Å². The van der Waals surface area contributed by atoms with Gasteiger partial charge < -0.3 is 9.64 Å². The van der Waals surface area contributed by atoms with Crippen molar-refractivity contribution in [1.29, 1.82) is 0 Å². The average Bonchev–Trinajstić information content (AvgIpc) is 2.78. The summed E-state index contributed by atoms with van der Waals surface area (Å²) in [6.45, 7) is 6.90. The first-order valence-corrected chi connectivity index (χ1v) is 11.1. The lowest BCUT2D eigenvalue weighted by molar-refractivity contribution is 0.151. The molecule has 2 aromatic carbocycles. The summed E-state index contributed by atoms with van der Waals surface area (Å²) in [5.41, 5.74) is 3.67. The first-order chi connectivity index (χ1) is 14.6. The van der Waals surface area contributed by atoms with Crippen LogP contribution in [0, 0.1) is 0 Å². The van der Waals surface area contributed by atoms with Crippen molar-refractivity contribution in [1.82, 2.24) is 4.90 Å². The lowest BCUT2D eigenvalue weighted by Crippen LogP contribution is -2.47. The third kappa shape index (κ3) is 7.36. The molecule has 1 fully saturated rings. The summed E-state index contributed by atoms with van der Waals surface area (Å²) in [5, 5.41) is 0. The summed E-state index contributed by atoms with van der Waals surface area (Å²) in [6.07, 6.45) is 3.35. The predicted molar refractivity (Wildman–Crippen MR) is 127 cm³/mol. The van der Waals surface area contributed by atoms with E-state index in [1.807, 2.05) is 6.07 Å². The number of aryl methyl sites for hydroxylation is 1. The van der Waals surface area contributed by atoms with E-state index in [0.717, 1.165) is 57.0 Å². The molecule has 0 bridgehead atoms. The molecule has 172 valence electrons. The summed E-state index contributed by atoms with van der Waals surface area (Å²) >= 11 is 0. The van der Waals surface area contributed by atoms with Gasteiger partial charge >= 0.3 is 0 Å². The van der Waals surface area contributed by atoms with Crippen molar-refractivity contribution in [3.63, 3.8) is 0 Å². The highest BCUT2D eigenvalue weighted by Crippen LogP contribution is 2.25. The van der Waals surface area contributed by atoms with Crippen molar-refractivity contribution in [3.8, 4) is 5.75 Å². The van der Waals surface area contributed by atoms with Gasteiger partial charge in [-0.05, 0) is 48.6 Å². The van der Waals surface area contributed by atoms with E-state index < -0.39 is 6.43 Å². The van der Waals surface area contributed by atoms with Gasteiger partial charge in [0.15, 0.2) is 0 Å². The molecule has 0 radical (unpaired) electrons. The van der Waals surface area contributed by atoms with E-state index in [2.05, 4.69) is 34.9 Å². The van der Waals surface area contributed by atoms with Crippen LogP contribution in [0.2, 0.25) is 0 Å². The number of methoxy groups -OCH3 is 1. The summed E-state index contributed by atoms with van der Waals surface area (Å²) in [4.78, 5) is 4.68. The van der Waals surface area contributed by atoms with Gasteiger partial charge in [-0.15, -0.1) is 12.4 Å². The molecule has 31 heavy (non-hydrogen) atoms. The summed E-state index contributed by atoms with van der Waals surface area (Å²) in [5.74, 6) is 0.995. The fourth-order valence-corrected chi connectivity index (χ4v) is 4.12. The number of anilines is 1. The van der Waals surface area contributed by atoms with Crippen molar-refractivity contribution < 1.29 is 13.5 Å². The van der Waals surface area contributed by atoms with Crippen molar-refractivity contribution in [2.75, 3.05) is 44.7 Å². The molecule has 0 spiro atoms. The van der Waals surface area contributed by atoms with Crippen molar-refractivity contribution in [2.24, 2.45) is 0 Å². The minimum atomic E-state index is -2.41. The van der Waals surface area contributed by atoms with Crippen LogP contribution < -0.4 is 9.64 Å². The van der Waals surface area contributed by atoms with Gasteiger partial charge in [0.1, 0.15) is 5.75 Å². The van der Waals surface area contributed by atoms with Crippen molar-refractivity contribution in [3.05, 3.63) is 59.2 Å². The van der Waals surface area contributed by atoms with E-state index in [1.165, 1.54) is 36.5 Å². The highest BCUT2D eigenvalue weighted by atomic mass is 35.5. The van der Waals surface area contributed by atoms with Gasteiger partial charge in [-0.1, -0.05) is 44.0 Å². The molecule has 0 atom stereocenters. The maximum Gasteiger partial charge on any atom is 0.263 e. The van der Waals surface area contributed by atoms with Crippen molar-refractivity contribution >= 4 is 18.1 Å². The predicted octanol–water partition coefficient (Wildman–Crippen LogP) is 6.15. The lowest BCUT2D eigenvalue weighted by Gasteiger charge is -2.36. The molecule has 0 aliphatic carbocycles. The van der Waals surface area contributed by atoms with Gasteiger partial charge in [0.2, 0.25) is 0 Å². The molecule has 1 saturated heterocycles. The molecule has 0 amide bonds. The number of hydrogen-bond acceptors (Lipinski definition) is 3. The Morgan fingerprint density at radius 3 is 2.42 bits per heavy atom. The van der Waals surface area contributed by atoms with E-state index in [-0.39, 0.29) is 18.0 Å². The van der Waals surface area contributed by atoms with Crippen LogP contribution in [-0.4, -0.2) is 44.7 Å². The molecule has 0 aromatic heterocycles. The zero-order chi connectivity index (χ0) is 21.3. The molecule has 0 unspecified atom stereocenters. The van der Waals surface area contributed by atoms with Crippen LogP contribution in [0.25, 0.3) is 0 Å². The number of hydrogen-bond donors (Lipinski definition) is 0. The number of ether oxygens (including phenoxy) is 1. The Balaban J connectivity index is 0.00000341. The van der Waals surface area contributed by atoms with E-state index in [0.29, 0.717) is 0 Å². The van der Waals surface area contributed by atoms with E-state index in [4.69, 9.17) is 4.74 Å². The molecule has 3 rings (SSSR count). The normalized spacial score (nSPS) is 14.5. The average molecular weight is 453 g/mol. The second kappa shape index (κ2) is 12.9. The number of rotatable bonds is 10. The Morgan fingerprint density at radius 2 is 1.74 bits per heavy atom. The van der Waals surface area contributed by atoms with E-state index >= 15 is 0 Å². The molecule has 3 nitrogen and oxygen atoms in total. The van der Waals surface area contributed by atoms with E-state index in [9.17, 15) is 8.78 Å². The Labute approximate surface area is 191 Å². The number of halogens is 3. The molecule has 1 heterocycles. The van der Waals surface area contributed by atoms with Crippen LogP contribution in [0.3, 0.4) is 0 Å².